The quantitative estimate of drug-likeness (QED) is 0.793. The molecule has 0 aromatic heterocycles. The minimum absolute atomic E-state index is 0.212. The molecular weight excluding hydrogens is 380 g/mol. The second-order valence-electron chi connectivity index (χ2n) is 7.76. The van der Waals surface area contributed by atoms with Gasteiger partial charge in [0.15, 0.2) is 17.6 Å². The van der Waals surface area contributed by atoms with Crippen molar-refractivity contribution >= 4 is 17.4 Å². The highest BCUT2D eigenvalue weighted by Gasteiger charge is 2.21. The van der Waals surface area contributed by atoms with Crippen molar-refractivity contribution in [3.63, 3.8) is 0 Å². The fourth-order valence-electron chi connectivity index (χ4n) is 3.94. The summed E-state index contributed by atoms with van der Waals surface area (Å²) < 4.78 is 11.6. The van der Waals surface area contributed by atoms with Gasteiger partial charge in [-0.3, -0.25) is 0 Å². The van der Waals surface area contributed by atoms with Crippen LogP contribution < -0.4 is 25.0 Å². The van der Waals surface area contributed by atoms with Gasteiger partial charge in [-0.1, -0.05) is 19.1 Å². The fourth-order valence-corrected chi connectivity index (χ4v) is 3.94. The first-order chi connectivity index (χ1) is 14.6. The monoisotopic (exact) mass is 410 g/mol. The third-order valence-corrected chi connectivity index (χ3v) is 5.67. The molecule has 1 atom stereocenters. The molecule has 4 rings (SSSR count). The molecule has 1 fully saturated rings. The molecule has 0 radical (unpaired) electrons. The molecule has 1 unspecified atom stereocenters. The Morgan fingerprint density at radius 3 is 2.60 bits per heavy atom. The number of rotatable bonds is 5. The summed E-state index contributed by atoms with van der Waals surface area (Å²) in [5, 5.41) is 5.78. The van der Waals surface area contributed by atoms with Crippen LogP contribution in [0.25, 0.3) is 0 Å². The average Bonchev–Trinajstić information content (AvgIpc) is 2.78. The highest BCUT2D eigenvalue weighted by molar-refractivity contribution is 5.89. The molecule has 2 amide bonds. The van der Waals surface area contributed by atoms with Crippen LogP contribution >= 0.6 is 0 Å². The standard InChI is InChI=1S/C23H30N4O3/c1-3-26-10-12-27(13-11-26)20-9-8-18(14-17(20)2)25-23(28)24-15-19-16-29-21-6-4-5-7-22(21)30-19/h4-9,14,19H,3,10-13,15-16H2,1-2H3,(H2,24,25,28). The zero-order valence-corrected chi connectivity index (χ0v) is 17.7. The fraction of sp³-hybridized carbons (Fsp3) is 0.435. The largest absolute Gasteiger partial charge is 0.486 e. The molecule has 2 N–H and O–H groups in total. The molecule has 2 aliphatic rings. The Bertz CT molecular complexity index is 881. The van der Waals surface area contributed by atoms with Crippen LogP contribution in [0.5, 0.6) is 11.5 Å². The van der Waals surface area contributed by atoms with Crippen molar-refractivity contribution in [2.75, 3.05) is 56.1 Å². The van der Waals surface area contributed by atoms with E-state index in [0.29, 0.717) is 18.9 Å². The number of amides is 2. The van der Waals surface area contributed by atoms with Crippen LogP contribution in [-0.2, 0) is 0 Å². The second-order valence-corrected chi connectivity index (χ2v) is 7.76. The molecule has 1 saturated heterocycles. The van der Waals surface area contributed by atoms with Crippen LogP contribution in [0.1, 0.15) is 12.5 Å². The number of anilines is 2. The molecule has 2 aliphatic heterocycles. The van der Waals surface area contributed by atoms with E-state index in [0.717, 1.165) is 44.2 Å². The minimum atomic E-state index is -0.249. The Kier molecular flexibility index (Phi) is 6.28. The number of hydrogen-bond donors (Lipinski definition) is 2. The first-order valence-electron chi connectivity index (χ1n) is 10.6. The lowest BCUT2D eigenvalue weighted by molar-refractivity contribution is 0.0922. The average molecular weight is 411 g/mol. The van der Waals surface area contributed by atoms with E-state index in [1.54, 1.807) is 0 Å². The third kappa shape index (κ3) is 4.79. The van der Waals surface area contributed by atoms with Crippen LogP contribution in [0.3, 0.4) is 0 Å². The number of carbonyl (C=O) groups is 1. The summed E-state index contributed by atoms with van der Waals surface area (Å²) in [7, 11) is 0. The number of likely N-dealkylation sites (N-methyl/N-ethyl adjacent to an activating group) is 1. The van der Waals surface area contributed by atoms with E-state index in [9.17, 15) is 4.79 Å². The Balaban J connectivity index is 1.27. The van der Waals surface area contributed by atoms with Crippen molar-refractivity contribution in [2.24, 2.45) is 0 Å². The number of carbonyl (C=O) groups excluding carboxylic acids is 1. The molecule has 2 aromatic rings. The number of piperazine rings is 1. The van der Waals surface area contributed by atoms with Crippen molar-refractivity contribution in [1.82, 2.24) is 10.2 Å². The topological polar surface area (TPSA) is 66.1 Å². The summed E-state index contributed by atoms with van der Waals surface area (Å²) in [6.07, 6.45) is -0.212. The van der Waals surface area contributed by atoms with Crippen LogP contribution in [-0.4, -0.2) is 62.9 Å². The van der Waals surface area contributed by atoms with E-state index < -0.39 is 0 Å². The van der Waals surface area contributed by atoms with Crippen LogP contribution in [0.2, 0.25) is 0 Å². The minimum Gasteiger partial charge on any atom is -0.486 e. The van der Waals surface area contributed by atoms with Crippen molar-refractivity contribution in [1.29, 1.82) is 0 Å². The number of hydrogen-bond acceptors (Lipinski definition) is 5. The first kappa shape index (κ1) is 20.3. The van der Waals surface area contributed by atoms with Gasteiger partial charge in [-0.15, -0.1) is 0 Å². The first-order valence-corrected chi connectivity index (χ1v) is 10.6. The lowest BCUT2D eigenvalue weighted by atomic mass is 10.1. The van der Waals surface area contributed by atoms with Crippen LogP contribution in [0, 0.1) is 6.92 Å². The lowest BCUT2D eigenvalue weighted by Gasteiger charge is -2.36. The normalized spacial score (nSPS) is 18.7. The van der Waals surface area contributed by atoms with Crippen molar-refractivity contribution < 1.29 is 14.3 Å². The van der Waals surface area contributed by atoms with E-state index in [1.165, 1.54) is 11.3 Å². The number of benzene rings is 2. The van der Waals surface area contributed by atoms with Gasteiger partial charge in [-0.05, 0) is 49.4 Å². The van der Waals surface area contributed by atoms with Gasteiger partial charge in [0.25, 0.3) is 0 Å². The number of fused-ring (bicyclic) bond motifs is 1. The highest BCUT2D eigenvalue weighted by atomic mass is 16.6. The van der Waals surface area contributed by atoms with E-state index in [-0.39, 0.29) is 12.1 Å². The summed E-state index contributed by atoms with van der Waals surface area (Å²) in [6, 6.07) is 13.4. The molecule has 0 spiro atoms. The summed E-state index contributed by atoms with van der Waals surface area (Å²) in [5.41, 5.74) is 3.19. The smallest absolute Gasteiger partial charge is 0.319 e. The zero-order chi connectivity index (χ0) is 20.9. The van der Waals surface area contributed by atoms with Gasteiger partial charge in [-0.25, -0.2) is 4.79 Å². The van der Waals surface area contributed by atoms with Crippen molar-refractivity contribution in [2.45, 2.75) is 20.0 Å². The molecule has 30 heavy (non-hydrogen) atoms. The highest BCUT2D eigenvalue weighted by Crippen LogP contribution is 2.30. The number of ether oxygens (including phenoxy) is 2. The van der Waals surface area contributed by atoms with Gasteiger partial charge < -0.3 is 29.9 Å². The number of aryl methyl sites for hydroxylation is 1. The molecule has 160 valence electrons. The third-order valence-electron chi connectivity index (χ3n) is 5.67. The van der Waals surface area contributed by atoms with Crippen molar-refractivity contribution in [3.05, 3.63) is 48.0 Å². The molecule has 0 bridgehead atoms. The number of para-hydroxylation sites is 2. The number of nitrogens with one attached hydrogen (secondary N) is 2. The van der Waals surface area contributed by atoms with E-state index in [4.69, 9.17) is 9.47 Å². The predicted octanol–water partition coefficient (Wildman–Crippen LogP) is 3.10. The Morgan fingerprint density at radius 1 is 1.10 bits per heavy atom. The van der Waals surface area contributed by atoms with Gasteiger partial charge in [0.2, 0.25) is 0 Å². The summed E-state index contributed by atoms with van der Waals surface area (Å²) in [4.78, 5) is 17.2. The number of urea groups is 1. The summed E-state index contributed by atoms with van der Waals surface area (Å²) in [6.45, 7) is 10.5. The predicted molar refractivity (Wildman–Crippen MR) is 119 cm³/mol. The molecular formula is C23H30N4O3. The van der Waals surface area contributed by atoms with Gasteiger partial charge in [-0.2, -0.15) is 0 Å². The maximum atomic E-state index is 12.3. The number of nitrogens with zero attached hydrogens (tertiary/aromatic N) is 2. The molecule has 0 aliphatic carbocycles. The molecule has 2 aromatic carbocycles. The van der Waals surface area contributed by atoms with Crippen LogP contribution in [0.4, 0.5) is 16.2 Å². The van der Waals surface area contributed by atoms with E-state index >= 15 is 0 Å². The Hall–Kier alpha value is -2.93. The lowest BCUT2D eigenvalue weighted by Crippen LogP contribution is -2.46. The molecule has 0 saturated carbocycles. The van der Waals surface area contributed by atoms with Gasteiger partial charge in [0.05, 0.1) is 6.54 Å². The molecule has 2 heterocycles. The van der Waals surface area contributed by atoms with Crippen molar-refractivity contribution in [3.8, 4) is 11.5 Å². The van der Waals surface area contributed by atoms with Gasteiger partial charge >= 0.3 is 6.03 Å². The molecule has 7 nitrogen and oxygen atoms in total. The zero-order valence-electron chi connectivity index (χ0n) is 17.7. The maximum absolute atomic E-state index is 12.3. The Labute approximate surface area is 177 Å². The van der Waals surface area contributed by atoms with Gasteiger partial charge in [0, 0.05) is 37.6 Å². The van der Waals surface area contributed by atoms with E-state index in [1.807, 2.05) is 36.4 Å². The maximum Gasteiger partial charge on any atom is 0.319 e. The van der Waals surface area contributed by atoms with Gasteiger partial charge in [0.1, 0.15) is 6.61 Å². The summed E-state index contributed by atoms with van der Waals surface area (Å²) >= 11 is 0. The Morgan fingerprint density at radius 2 is 1.87 bits per heavy atom. The molecule has 7 heteroatoms. The second kappa shape index (κ2) is 9.26. The van der Waals surface area contributed by atoms with Crippen LogP contribution in [0.15, 0.2) is 42.5 Å². The van der Waals surface area contributed by atoms with E-state index in [2.05, 4.69) is 40.3 Å². The summed E-state index contributed by atoms with van der Waals surface area (Å²) in [5.74, 6) is 1.45. The SMILES string of the molecule is CCN1CCN(c2ccc(NC(=O)NCC3COc4ccccc4O3)cc2C)CC1.